The van der Waals surface area contributed by atoms with E-state index in [2.05, 4.69) is 57.7 Å². The highest BCUT2D eigenvalue weighted by molar-refractivity contribution is 5.90. The molecular formula is C67H85N5O11. The summed E-state index contributed by atoms with van der Waals surface area (Å²) >= 11 is 0. The van der Waals surface area contributed by atoms with Crippen molar-refractivity contribution in [3.63, 3.8) is 0 Å². The molecule has 3 saturated heterocycles. The van der Waals surface area contributed by atoms with E-state index in [1.54, 1.807) is 23.1 Å². The van der Waals surface area contributed by atoms with Crippen molar-refractivity contribution < 1.29 is 54.4 Å². The summed E-state index contributed by atoms with van der Waals surface area (Å²) in [6.45, 7) is 3.72. The van der Waals surface area contributed by atoms with Gasteiger partial charge in [0.15, 0.2) is 46.4 Å². The number of rotatable bonds is 7. The van der Waals surface area contributed by atoms with Gasteiger partial charge in [0.25, 0.3) is 0 Å². The maximum atomic E-state index is 12.4. The number of ether oxygens (including phenoxy) is 3. The van der Waals surface area contributed by atoms with Gasteiger partial charge >= 0.3 is 0 Å². The number of phenols is 3. The van der Waals surface area contributed by atoms with Crippen LogP contribution in [0.4, 0.5) is 0 Å². The zero-order valence-electron chi connectivity index (χ0n) is 44.1. The Balaban J connectivity index is 0.000000129. The Morgan fingerprint density at radius 3 is 1.51 bits per heavy atom. The van der Waals surface area contributed by atoms with Crippen LogP contribution in [-0.4, -0.2) is 133 Å². The topological polar surface area (TPSA) is 235 Å². The molecular weight excluding hydrogens is 1050 g/mol. The fraction of sp³-hybridized carbons (Fsp3) is 0.522. The molecule has 16 heteroatoms. The lowest BCUT2D eigenvalue weighted by molar-refractivity contribution is -0.190. The quantitative estimate of drug-likeness (QED) is 0.0755. The van der Waals surface area contributed by atoms with Gasteiger partial charge in [-0.15, -0.1) is 0 Å². The van der Waals surface area contributed by atoms with E-state index in [0.717, 1.165) is 92.5 Å². The molecule has 12 aliphatic rings. The van der Waals surface area contributed by atoms with Gasteiger partial charge in [-0.2, -0.15) is 0 Å². The molecule has 0 unspecified atom stereocenters. The fourth-order valence-electron chi connectivity index (χ4n) is 18.5. The first-order valence-electron chi connectivity index (χ1n) is 28.8. The van der Waals surface area contributed by atoms with Crippen LogP contribution in [0.15, 0.2) is 97.1 Å². The number of aliphatic hydroxyl groups is 3. The minimum atomic E-state index is -1.05. The smallest absolute Gasteiger partial charge is 0.210 e. The van der Waals surface area contributed by atoms with Crippen LogP contribution >= 0.6 is 0 Å². The molecule has 6 heterocycles. The van der Waals surface area contributed by atoms with E-state index in [0.29, 0.717) is 68.7 Å². The van der Waals surface area contributed by atoms with Crippen LogP contribution in [0.1, 0.15) is 132 Å². The molecule has 5 aromatic carbocycles. The maximum absolute atomic E-state index is 12.4. The lowest BCUT2D eigenvalue weighted by Gasteiger charge is -2.63. The number of hydrogen-bond acceptors (Lipinski definition) is 15. The number of amides is 1. The van der Waals surface area contributed by atoms with E-state index in [1.807, 2.05) is 42.5 Å². The second kappa shape index (κ2) is 20.8. The predicted octanol–water partition coefficient (Wildman–Crippen LogP) is 6.80. The molecule has 3 spiro atoms. The lowest BCUT2D eigenvalue weighted by atomic mass is 9.48. The first-order chi connectivity index (χ1) is 38.3. The second-order valence-corrected chi connectivity index (χ2v) is 24.8. The summed E-state index contributed by atoms with van der Waals surface area (Å²) in [5, 5.41) is 81.2. The van der Waals surface area contributed by atoms with Crippen molar-refractivity contribution in [2.24, 2.45) is 0 Å². The van der Waals surface area contributed by atoms with Gasteiger partial charge in [0.05, 0.1) is 39.1 Å². The molecule has 6 fully saturated rings. The van der Waals surface area contributed by atoms with E-state index in [9.17, 15) is 40.2 Å². The average Bonchev–Trinajstić information content (AvgIpc) is 1.90. The summed E-state index contributed by atoms with van der Waals surface area (Å²) in [5.41, 5.74) is 4.18. The molecule has 0 aromatic heterocycles. The van der Waals surface area contributed by atoms with Gasteiger partial charge in [-0.1, -0.05) is 109 Å². The predicted molar refractivity (Wildman–Crippen MR) is 316 cm³/mol. The number of carbonyl (C=O) groups excluding carboxylic acids is 2. The van der Waals surface area contributed by atoms with E-state index in [4.69, 9.17) is 14.2 Å². The molecule has 0 radical (unpaired) electrons. The summed E-state index contributed by atoms with van der Waals surface area (Å²) in [7, 11) is 0. The number of Topliss-reactive ketones (excluding diaryl/α,β-unsaturated/α-hetero) is 1. The zero-order chi connectivity index (χ0) is 53.8. The molecule has 10 N–H and O–H groups in total. The largest absolute Gasteiger partial charge is 0.504 e. The Kier molecular flexibility index (Phi) is 14.7. The van der Waals surface area contributed by atoms with Gasteiger partial charge in [0, 0.05) is 66.9 Å². The first kappa shape index (κ1) is 58.5. The highest BCUT2D eigenvalue weighted by Crippen LogP contribution is 2.67. The number of nitrogens with one attached hydrogen (secondary N) is 4. The number of ketones is 1. The van der Waals surface area contributed by atoms with Crippen LogP contribution in [0, 0.1) is 0 Å². The minimum absolute atomic E-state index is 0. The highest BCUT2D eigenvalue weighted by Gasteiger charge is 2.75. The second-order valence-electron chi connectivity index (χ2n) is 24.8. The number of phenolic OH excluding ortho intramolecular Hbond substituents is 3. The molecule has 3 saturated carbocycles. The van der Waals surface area contributed by atoms with Crippen molar-refractivity contribution in [3.05, 3.63) is 142 Å². The Morgan fingerprint density at radius 1 is 0.542 bits per heavy atom. The molecule has 444 valence electrons. The van der Waals surface area contributed by atoms with Crippen LogP contribution in [0.3, 0.4) is 0 Å². The fourth-order valence-corrected chi connectivity index (χ4v) is 18.5. The molecule has 6 bridgehead atoms. The van der Waals surface area contributed by atoms with Crippen molar-refractivity contribution in [1.82, 2.24) is 26.2 Å². The number of piperidine rings is 3. The molecule has 6 aliphatic heterocycles. The Hall–Kier alpha value is -6.24. The van der Waals surface area contributed by atoms with E-state index < -0.39 is 39.2 Å². The number of benzene rings is 5. The van der Waals surface area contributed by atoms with E-state index in [-0.39, 0.29) is 95.2 Å². The molecule has 14 atom stereocenters. The number of likely N-dealkylation sites (tertiary alicyclic amines) is 1. The van der Waals surface area contributed by atoms with Gasteiger partial charge in [0.1, 0.15) is 12.2 Å². The maximum Gasteiger partial charge on any atom is 0.210 e. The molecule has 1 amide bonds. The summed E-state index contributed by atoms with van der Waals surface area (Å²) in [4.78, 5) is 26.0. The zero-order valence-corrected chi connectivity index (χ0v) is 44.1. The summed E-state index contributed by atoms with van der Waals surface area (Å²) in [6, 6.07) is 31.5. The van der Waals surface area contributed by atoms with Crippen LogP contribution in [0.25, 0.3) is 0 Å². The average molecular weight is 1140 g/mol. The van der Waals surface area contributed by atoms with Crippen molar-refractivity contribution in [2.45, 2.75) is 201 Å². The summed E-state index contributed by atoms with van der Waals surface area (Å²) in [6.07, 6.45) is 7.78. The van der Waals surface area contributed by atoms with Gasteiger partial charge in [-0.25, -0.2) is 0 Å². The Morgan fingerprint density at radius 2 is 0.988 bits per heavy atom. The molecule has 6 aliphatic carbocycles. The molecule has 5 aromatic rings. The van der Waals surface area contributed by atoms with Crippen LogP contribution < -0.4 is 35.5 Å². The van der Waals surface area contributed by atoms with Crippen LogP contribution in [-0.2, 0) is 58.2 Å². The first-order valence-corrected chi connectivity index (χ1v) is 28.8. The Labute approximate surface area is 488 Å². The molecule has 17 rings (SSSR count). The van der Waals surface area contributed by atoms with Gasteiger partial charge in [-0.05, 0) is 130 Å². The van der Waals surface area contributed by atoms with E-state index in [1.165, 1.54) is 16.7 Å². The number of aromatic hydroxyl groups is 3. The van der Waals surface area contributed by atoms with Crippen molar-refractivity contribution in [1.29, 1.82) is 0 Å². The van der Waals surface area contributed by atoms with Gasteiger partial charge < -0.3 is 71.0 Å². The summed E-state index contributed by atoms with van der Waals surface area (Å²) < 4.78 is 18.8. The third-order valence-electron chi connectivity index (χ3n) is 21.8. The normalized spacial score (nSPS) is 36.1. The Bertz CT molecular complexity index is 3310. The van der Waals surface area contributed by atoms with Crippen molar-refractivity contribution in [3.8, 4) is 34.5 Å². The number of nitrogens with zero attached hydrogens (tertiary/aromatic N) is 1. The third-order valence-corrected chi connectivity index (χ3v) is 21.8. The third kappa shape index (κ3) is 7.67. The molecule has 16 nitrogen and oxygen atoms in total. The van der Waals surface area contributed by atoms with Gasteiger partial charge in [0.2, 0.25) is 6.41 Å². The number of carbonyl (C=O) groups is 2. The standard InChI is InChI=1S/C24H26N2O4.C23H26N2O3.C16H17NO4.4CH4/c27-14-26-11-10-23-20-16-6-7-18(28)21(20)30-22(23)17(8-9-24(23,29)19(26)12-16)25-13-15-4-2-1-3-5-15;26-17-7-6-15-12-18-23(27)9-8-16(25-13-14-4-2-1-3-5-14)21-22(23,10-11-24-18)19(15)20(17)28-21;18-9-2-1-8-7-11-16(20)4-3-10(19)14-15(16,5-6-17-11)12(8)13(9)21-14;;;;/h1-7,14,17,19,22,25,28-29H,8-13H2;1-7,16,18,21,24-27H,8-13H2;1-2,11,14,17-18,20H,3-7H2;4*1H4/t17-,19+,22-,23-,24+;16-,18+,21-,22-,23+;11-,14+,15+,16-;;;;/m001..../s1. The van der Waals surface area contributed by atoms with Crippen LogP contribution in [0.5, 0.6) is 34.5 Å². The monoisotopic (exact) mass is 1140 g/mol. The SMILES string of the molecule is C.C.C.C.O=C1CC[C@@]2(O)[C@H]3Cc4ccc(O)c5c4[C@@]2(CCN3)[C@H]1O5.O=CN1CC[C@]23c4c5ccc(O)c4O[C@H]2[C@@H](NCc2ccccc2)CC[C@@]3(O)[C@H]1C5.Oc1ccc2c3c1O[C@H]1[C@@H](NCc4ccccc4)CC[C@@]4(O)[C@@H](C2)NCC[C@]314. The highest BCUT2D eigenvalue weighted by atomic mass is 16.5. The number of hydrogen-bond donors (Lipinski definition) is 10. The van der Waals surface area contributed by atoms with Crippen LogP contribution in [0.2, 0.25) is 0 Å². The lowest BCUT2D eigenvalue weighted by Crippen LogP contribution is -2.77. The molecule has 83 heavy (non-hydrogen) atoms. The minimum Gasteiger partial charge on any atom is -0.504 e. The van der Waals surface area contributed by atoms with Crippen molar-refractivity contribution in [2.75, 3.05) is 19.6 Å². The van der Waals surface area contributed by atoms with Crippen molar-refractivity contribution >= 4 is 12.2 Å². The summed E-state index contributed by atoms with van der Waals surface area (Å²) in [5.74, 6) is 2.01. The van der Waals surface area contributed by atoms with E-state index >= 15 is 0 Å². The van der Waals surface area contributed by atoms with Gasteiger partial charge in [-0.3, -0.25) is 9.59 Å².